The van der Waals surface area contributed by atoms with Crippen LogP contribution in [0, 0.1) is 10.1 Å². The number of nitro benzene ring substituents is 1. The van der Waals surface area contributed by atoms with Crippen LogP contribution in [0.15, 0.2) is 47.4 Å². The Morgan fingerprint density at radius 2 is 1.88 bits per heavy atom. The number of benzene rings is 2. The first-order valence-electron chi connectivity index (χ1n) is 9.97. The van der Waals surface area contributed by atoms with E-state index in [2.05, 4.69) is 4.98 Å². The minimum Gasteiger partial charge on any atom is -0.309 e. The summed E-state index contributed by atoms with van der Waals surface area (Å²) < 4.78 is 25.1. The summed E-state index contributed by atoms with van der Waals surface area (Å²) in [5, 5.41) is 11.5. The van der Waals surface area contributed by atoms with Crippen LogP contribution in [0.2, 0.25) is 0 Å². The number of amides is 1. The molecular weight excluding hydrogens is 488 g/mol. The molecule has 0 aliphatic heterocycles. The standard InChI is InChI=1S/C21H24N4O5S2.ClH/c1-4-32(29,30)17-8-5-7-15(13-17)20(26)24(12-6-11-23(2)3)21-22-18-10-9-16(25(27)28)14-19(18)31-21;/h5,7-10,13-14H,4,6,11-12H2,1-3H3;1H. The Morgan fingerprint density at radius 3 is 2.52 bits per heavy atom. The van der Waals surface area contributed by atoms with Gasteiger partial charge >= 0.3 is 0 Å². The Balaban J connectivity index is 0.00000385. The van der Waals surface area contributed by atoms with Crippen molar-refractivity contribution in [3.8, 4) is 0 Å². The average molecular weight is 513 g/mol. The lowest BCUT2D eigenvalue weighted by atomic mass is 10.2. The van der Waals surface area contributed by atoms with Crippen LogP contribution in [0.25, 0.3) is 10.2 Å². The number of anilines is 1. The van der Waals surface area contributed by atoms with Crippen LogP contribution < -0.4 is 4.90 Å². The van der Waals surface area contributed by atoms with Gasteiger partial charge in [0.25, 0.3) is 11.6 Å². The molecular formula is C21H25ClN4O5S2. The SMILES string of the molecule is CCS(=O)(=O)c1cccc(C(=O)N(CCCN(C)C)c2nc3ccc([N+](=O)[O-])cc3s2)c1.Cl. The first-order chi connectivity index (χ1) is 15.1. The van der Waals surface area contributed by atoms with Crippen molar-refractivity contribution in [2.24, 2.45) is 0 Å². The third-order valence-corrected chi connectivity index (χ3v) is 7.63. The van der Waals surface area contributed by atoms with Crippen molar-refractivity contribution in [1.82, 2.24) is 9.88 Å². The quantitative estimate of drug-likeness (QED) is 0.314. The average Bonchev–Trinajstić information content (AvgIpc) is 3.19. The van der Waals surface area contributed by atoms with Gasteiger partial charge in [-0.1, -0.05) is 24.3 Å². The molecule has 0 bridgehead atoms. The lowest BCUT2D eigenvalue weighted by Crippen LogP contribution is -2.33. The number of nitro groups is 1. The van der Waals surface area contributed by atoms with Crippen molar-refractivity contribution < 1.29 is 18.1 Å². The molecule has 1 aromatic heterocycles. The highest BCUT2D eigenvalue weighted by Crippen LogP contribution is 2.32. The highest BCUT2D eigenvalue weighted by molar-refractivity contribution is 7.91. The van der Waals surface area contributed by atoms with E-state index in [9.17, 15) is 23.3 Å². The molecule has 178 valence electrons. The number of non-ortho nitro benzene ring substituents is 1. The topological polar surface area (TPSA) is 114 Å². The number of carbonyl (C=O) groups is 1. The second-order valence-electron chi connectivity index (χ2n) is 7.45. The molecule has 1 amide bonds. The van der Waals surface area contributed by atoms with E-state index in [1.165, 1.54) is 40.5 Å². The van der Waals surface area contributed by atoms with E-state index in [1.807, 2.05) is 19.0 Å². The maximum absolute atomic E-state index is 13.4. The predicted molar refractivity (Wildman–Crippen MR) is 133 cm³/mol. The van der Waals surface area contributed by atoms with Gasteiger partial charge in [0.05, 0.1) is 25.8 Å². The molecule has 0 aliphatic carbocycles. The molecule has 0 fully saturated rings. The van der Waals surface area contributed by atoms with Gasteiger partial charge in [0, 0.05) is 24.2 Å². The van der Waals surface area contributed by atoms with E-state index in [1.54, 1.807) is 25.1 Å². The van der Waals surface area contributed by atoms with Crippen LogP contribution in [0.5, 0.6) is 0 Å². The fourth-order valence-corrected chi connectivity index (χ4v) is 5.05. The van der Waals surface area contributed by atoms with E-state index >= 15 is 0 Å². The van der Waals surface area contributed by atoms with Gasteiger partial charge in [0.15, 0.2) is 15.0 Å². The molecule has 9 nitrogen and oxygen atoms in total. The molecule has 3 aromatic rings. The second kappa shape index (κ2) is 11.0. The number of nitrogens with zero attached hydrogens (tertiary/aromatic N) is 4. The first-order valence-corrected chi connectivity index (χ1v) is 12.4. The van der Waals surface area contributed by atoms with Crippen LogP contribution in [0.1, 0.15) is 23.7 Å². The highest BCUT2D eigenvalue weighted by Gasteiger charge is 2.23. The Kier molecular flexibility index (Phi) is 8.89. The van der Waals surface area contributed by atoms with Gasteiger partial charge in [0.1, 0.15) is 0 Å². The van der Waals surface area contributed by atoms with Crippen LogP contribution in [0.4, 0.5) is 10.8 Å². The molecule has 2 aromatic carbocycles. The van der Waals surface area contributed by atoms with Crippen molar-refractivity contribution in [3.05, 3.63) is 58.1 Å². The Hall–Kier alpha value is -2.60. The number of fused-ring (bicyclic) bond motifs is 1. The molecule has 0 saturated heterocycles. The number of carbonyl (C=O) groups excluding carboxylic acids is 1. The van der Waals surface area contributed by atoms with Crippen LogP contribution in [-0.2, 0) is 9.84 Å². The fourth-order valence-electron chi connectivity index (χ4n) is 3.10. The Bertz CT molecular complexity index is 1260. The summed E-state index contributed by atoms with van der Waals surface area (Å²) in [5.41, 5.74) is 0.758. The smallest absolute Gasteiger partial charge is 0.270 e. The number of hydrogen-bond acceptors (Lipinski definition) is 8. The molecule has 0 atom stereocenters. The maximum atomic E-state index is 13.4. The summed E-state index contributed by atoms with van der Waals surface area (Å²) in [4.78, 5) is 32.2. The summed E-state index contributed by atoms with van der Waals surface area (Å²) in [5.74, 6) is -0.432. The van der Waals surface area contributed by atoms with E-state index in [0.717, 1.165) is 6.54 Å². The number of aromatic nitrogens is 1. The van der Waals surface area contributed by atoms with Gasteiger partial charge in [-0.25, -0.2) is 13.4 Å². The molecule has 0 saturated carbocycles. The predicted octanol–water partition coefficient (Wildman–Crippen LogP) is 4.02. The summed E-state index contributed by atoms with van der Waals surface area (Å²) in [6.07, 6.45) is 0.668. The van der Waals surface area contributed by atoms with Crippen molar-refractivity contribution in [1.29, 1.82) is 0 Å². The zero-order valence-corrected chi connectivity index (χ0v) is 20.9. The molecule has 0 aliphatic rings. The summed E-state index contributed by atoms with van der Waals surface area (Å²) in [6.45, 7) is 2.66. The fraction of sp³-hybridized carbons (Fsp3) is 0.333. The van der Waals surface area contributed by atoms with Crippen LogP contribution in [0.3, 0.4) is 0 Å². The number of hydrogen-bond donors (Lipinski definition) is 0. The molecule has 0 spiro atoms. The van der Waals surface area contributed by atoms with Gasteiger partial charge in [0.2, 0.25) is 0 Å². The van der Waals surface area contributed by atoms with E-state index < -0.39 is 14.8 Å². The number of halogens is 1. The minimum atomic E-state index is -3.46. The van der Waals surface area contributed by atoms with Gasteiger partial charge in [-0.05, 0) is 51.3 Å². The molecule has 0 unspecified atom stereocenters. The van der Waals surface area contributed by atoms with E-state index in [0.29, 0.717) is 28.3 Å². The minimum absolute atomic E-state index is 0. The Labute approximate surface area is 202 Å². The van der Waals surface area contributed by atoms with Crippen molar-refractivity contribution in [2.75, 3.05) is 37.8 Å². The van der Waals surface area contributed by atoms with E-state index in [-0.39, 0.29) is 40.2 Å². The van der Waals surface area contributed by atoms with Crippen molar-refractivity contribution in [2.45, 2.75) is 18.2 Å². The van der Waals surface area contributed by atoms with E-state index in [4.69, 9.17) is 0 Å². The van der Waals surface area contributed by atoms with Crippen LogP contribution in [-0.4, -0.2) is 62.1 Å². The van der Waals surface area contributed by atoms with Gasteiger partial charge in [-0.15, -0.1) is 12.4 Å². The highest BCUT2D eigenvalue weighted by atomic mass is 35.5. The normalized spacial score (nSPS) is 11.4. The molecule has 3 rings (SSSR count). The third-order valence-electron chi connectivity index (χ3n) is 4.85. The lowest BCUT2D eigenvalue weighted by molar-refractivity contribution is -0.384. The van der Waals surface area contributed by atoms with Gasteiger partial charge < -0.3 is 4.90 Å². The number of rotatable bonds is 9. The zero-order valence-electron chi connectivity index (χ0n) is 18.4. The molecule has 33 heavy (non-hydrogen) atoms. The van der Waals surface area contributed by atoms with Gasteiger partial charge in [-0.3, -0.25) is 19.8 Å². The van der Waals surface area contributed by atoms with Crippen LogP contribution >= 0.6 is 23.7 Å². The molecule has 0 N–H and O–H groups in total. The second-order valence-corrected chi connectivity index (χ2v) is 10.7. The van der Waals surface area contributed by atoms with Crippen molar-refractivity contribution >= 4 is 60.5 Å². The monoisotopic (exact) mass is 512 g/mol. The third kappa shape index (κ3) is 6.26. The Morgan fingerprint density at radius 1 is 1.15 bits per heavy atom. The summed E-state index contributed by atoms with van der Waals surface area (Å²) >= 11 is 1.19. The molecule has 12 heteroatoms. The largest absolute Gasteiger partial charge is 0.309 e. The lowest BCUT2D eigenvalue weighted by Gasteiger charge is -2.21. The first kappa shape index (κ1) is 26.7. The summed E-state index contributed by atoms with van der Waals surface area (Å²) in [7, 11) is 0.405. The van der Waals surface area contributed by atoms with Crippen molar-refractivity contribution in [3.63, 3.8) is 0 Å². The summed E-state index contributed by atoms with van der Waals surface area (Å²) in [6, 6.07) is 10.4. The number of sulfone groups is 1. The maximum Gasteiger partial charge on any atom is 0.270 e. The number of thiazole rings is 1. The molecule has 1 heterocycles. The van der Waals surface area contributed by atoms with Gasteiger partial charge in [-0.2, -0.15) is 0 Å². The zero-order chi connectivity index (χ0) is 23.5. The molecule has 0 radical (unpaired) electrons.